The van der Waals surface area contributed by atoms with E-state index in [0.29, 0.717) is 11.5 Å². The van der Waals surface area contributed by atoms with Crippen LogP contribution in [0.25, 0.3) is 11.0 Å². The predicted octanol–water partition coefficient (Wildman–Crippen LogP) is 5.04. The molecule has 4 aromatic rings. The zero-order valence-electron chi connectivity index (χ0n) is 15.4. The Morgan fingerprint density at radius 2 is 1.89 bits per heavy atom. The van der Waals surface area contributed by atoms with Crippen LogP contribution >= 0.6 is 15.9 Å². The second-order valence-electron chi connectivity index (χ2n) is 6.47. The summed E-state index contributed by atoms with van der Waals surface area (Å²) in [7, 11) is 1.94. The fourth-order valence-electron chi connectivity index (χ4n) is 2.92. The molecule has 2 heterocycles. The van der Waals surface area contributed by atoms with Crippen LogP contribution in [0.5, 0.6) is 0 Å². The van der Waals surface area contributed by atoms with Crippen LogP contribution in [0, 0.1) is 6.92 Å². The number of aromatic nitrogens is 3. The molecule has 140 valence electrons. The Kier molecular flexibility index (Phi) is 4.83. The van der Waals surface area contributed by atoms with Gasteiger partial charge in [-0.25, -0.2) is 4.98 Å². The summed E-state index contributed by atoms with van der Waals surface area (Å²) < 4.78 is 2.93. The fraction of sp³-hybridized carbons (Fsp3) is 0.0952. The van der Waals surface area contributed by atoms with Gasteiger partial charge >= 0.3 is 0 Å². The molecule has 0 radical (unpaired) electrons. The van der Waals surface area contributed by atoms with E-state index in [1.165, 1.54) is 0 Å². The van der Waals surface area contributed by atoms with Gasteiger partial charge in [0.25, 0.3) is 5.91 Å². The minimum Gasteiger partial charge on any atom is -0.325 e. The summed E-state index contributed by atoms with van der Waals surface area (Å²) in [4.78, 5) is 21.4. The lowest BCUT2D eigenvalue weighted by Gasteiger charge is -2.08. The quantitative estimate of drug-likeness (QED) is 0.471. The highest BCUT2D eigenvalue weighted by molar-refractivity contribution is 9.10. The molecule has 0 atom stereocenters. The molecule has 6 nitrogen and oxygen atoms in total. The first-order valence-corrected chi connectivity index (χ1v) is 9.51. The highest BCUT2D eigenvalue weighted by Gasteiger charge is 2.13. The van der Waals surface area contributed by atoms with Gasteiger partial charge in [0.05, 0.1) is 11.0 Å². The van der Waals surface area contributed by atoms with Gasteiger partial charge in [-0.2, -0.15) is 0 Å². The van der Waals surface area contributed by atoms with E-state index in [1.807, 2.05) is 54.9 Å². The number of anilines is 3. The molecule has 7 heteroatoms. The van der Waals surface area contributed by atoms with Gasteiger partial charge in [0.1, 0.15) is 0 Å². The lowest BCUT2D eigenvalue weighted by molar-refractivity contribution is 0.102. The van der Waals surface area contributed by atoms with Crippen molar-refractivity contribution >= 4 is 50.2 Å². The Hall–Kier alpha value is -3.19. The Morgan fingerprint density at radius 3 is 2.64 bits per heavy atom. The lowest BCUT2D eigenvalue weighted by atomic mass is 10.2. The third kappa shape index (κ3) is 3.61. The number of carbonyl (C=O) groups is 1. The zero-order valence-corrected chi connectivity index (χ0v) is 17.0. The van der Waals surface area contributed by atoms with E-state index in [-0.39, 0.29) is 5.91 Å². The van der Waals surface area contributed by atoms with Crippen LogP contribution in [-0.4, -0.2) is 20.4 Å². The summed E-state index contributed by atoms with van der Waals surface area (Å²) in [5, 5.41) is 6.23. The number of nitrogens with zero attached hydrogens (tertiary/aromatic N) is 3. The van der Waals surface area contributed by atoms with Gasteiger partial charge in [0.15, 0.2) is 0 Å². The molecule has 1 amide bonds. The molecular formula is C21H18BrN5O. The molecule has 0 aliphatic carbocycles. The maximum absolute atomic E-state index is 12.6. The molecule has 0 fully saturated rings. The smallest absolute Gasteiger partial charge is 0.255 e. The number of halogens is 1. The van der Waals surface area contributed by atoms with Gasteiger partial charge in [-0.1, -0.05) is 15.9 Å². The highest BCUT2D eigenvalue weighted by Crippen LogP contribution is 2.24. The van der Waals surface area contributed by atoms with E-state index in [1.54, 1.807) is 24.5 Å². The summed E-state index contributed by atoms with van der Waals surface area (Å²) in [5.41, 5.74) is 4.96. The van der Waals surface area contributed by atoms with Gasteiger partial charge < -0.3 is 15.2 Å². The molecule has 2 N–H and O–H groups in total. The number of carbonyl (C=O) groups excluding carboxylic acids is 1. The molecule has 0 saturated heterocycles. The fourth-order valence-corrected chi connectivity index (χ4v) is 3.19. The van der Waals surface area contributed by atoms with E-state index in [0.717, 1.165) is 32.4 Å². The number of aryl methyl sites for hydroxylation is 2. The molecule has 0 aliphatic heterocycles. The highest BCUT2D eigenvalue weighted by atomic mass is 79.9. The Balaban J connectivity index is 1.61. The third-order valence-electron chi connectivity index (χ3n) is 4.51. The number of amides is 1. The van der Waals surface area contributed by atoms with Crippen LogP contribution in [0.2, 0.25) is 0 Å². The maximum Gasteiger partial charge on any atom is 0.255 e. The molecule has 0 bridgehead atoms. The monoisotopic (exact) mass is 435 g/mol. The van der Waals surface area contributed by atoms with Crippen molar-refractivity contribution in [2.75, 3.05) is 10.6 Å². The van der Waals surface area contributed by atoms with Crippen LogP contribution in [0.4, 0.5) is 17.3 Å². The summed E-state index contributed by atoms with van der Waals surface area (Å²) in [6.07, 6.45) is 3.54. The van der Waals surface area contributed by atoms with Gasteiger partial charge in [-0.05, 0) is 61.0 Å². The topological polar surface area (TPSA) is 71.8 Å². The van der Waals surface area contributed by atoms with Gasteiger partial charge in [-0.15, -0.1) is 0 Å². The average Bonchev–Trinajstić information content (AvgIpc) is 3.00. The Bertz CT molecular complexity index is 1170. The minimum absolute atomic E-state index is 0.172. The average molecular weight is 436 g/mol. The molecular weight excluding hydrogens is 418 g/mol. The second kappa shape index (κ2) is 7.44. The molecule has 28 heavy (non-hydrogen) atoms. The molecule has 0 spiro atoms. The largest absolute Gasteiger partial charge is 0.325 e. The van der Waals surface area contributed by atoms with Crippen molar-refractivity contribution in [3.8, 4) is 0 Å². The molecule has 0 saturated carbocycles. The number of rotatable bonds is 4. The molecule has 4 rings (SSSR count). The number of imidazole rings is 1. The molecule has 0 aliphatic rings. The predicted molar refractivity (Wildman–Crippen MR) is 115 cm³/mol. The Labute approximate surface area is 170 Å². The number of nitrogens with one attached hydrogen (secondary N) is 2. The zero-order chi connectivity index (χ0) is 19.7. The summed E-state index contributed by atoms with van der Waals surface area (Å²) in [6.45, 7) is 1.99. The van der Waals surface area contributed by atoms with Crippen LogP contribution in [0.3, 0.4) is 0 Å². The Morgan fingerprint density at radius 1 is 1.11 bits per heavy atom. The van der Waals surface area contributed by atoms with E-state index in [4.69, 9.17) is 0 Å². The third-order valence-corrected chi connectivity index (χ3v) is 5.04. The first kappa shape index (κ1) is 18.2. The van der Waals surface area contributed by atoms with Crippen molar-refractivity contribution in [3.05, 3.63) is 76.5 Å². The summed E-state index contributed by atoms with van der Waals surface area (Å²) >= 11 is 3.39. The van der Waals surface area contributed by atoms with Crippen LogP contribution in [0.1, 0.15) is 15.9 Å². The molecule has 0 unspecified atom stereocenters. The van der Waals surface area contributed by atoms with Crippen molar-refractivity contribution in [2.24, 2.45) is 7.05 Å². The van der Waals surface area contributed by atoms with Crippen LogP contribution < -0.4 is 10.6 Å². The standard InChI is InChI=1S/C21H18BrN5O/c1-13-12-23-10-9-17(13)25-21-26-18-11-14(3-8-19(18)27(21)2)20(28)24-16-6-4-15(22)5-7-16/h3-12H,1-2H3,(H,24,28)(H,23,25,26). The molecule has 2 aromatic heterocycles. The van der Waals surface area contributed by atoms with Crippen LogP contribution in [0.15, 0.2) is 65.4 Å². The second-order valence-corrected chi connectivity index (χ2v) is 7.39. The number of hydrogen-bond donors (Lipinski definition) is 2. The number of hydrogen-bond acceptors (Lipinski definition) is 4. The maximum atomic E-state index is 12.6. The number of benzene rings is 2. The summed E-state index contributed by atoms with van der Waals surface area (Å²) in [5.74, 6) is 0.532. The van der Waals surface area contributed by atoms with Crippen molar-refractivity contribution in [1.29, 1.82) is 0 Å². The van der Waals surface area contributed by atoms with E-state index < -0.39 is 0 Å². The van der Waals surface area contributed by atoms with Crippen molar-refractivity contribution < 1.29 is 4.79 Å². The minimum atomic E-state index is -0.172. The van der Waals surface area contributed by atoms with Gasteiger partial charge in [0, 0.05) is 40.9 Å². The van der Waals surface area contributed by atoms with Gasteiger partial charge in [0.2, 0.25) is 5.95 Å². The van der Waals surface area contributed by atoms with Gasteiger partial charge in [-0.3, -0.25) is 9.78 Å². The van der Waals surface area contributed by atoms with Crippen molar-refractivity contribution in [1.82, 2.24) is 14.5 Å². The first-order chi connectivity index (χ1) is 13.5. The number of fused-ring (bicyclic) bond motifs is 1. The van der Waals surface area contributed by atoms with Crippen molar-refractivity contribution in [2.45, 2.75) is 6.92 Å². The first-order valence-electron chi connectivity index (χ1n) is 8.72. The van der Waals surface area contributed by atoms with Crippen molar-refractivity contribution in [3.63, 3.8) is 0 Å². The normalized spacial score (nSPS) is 10.8. The number of pyridine rings is 1. The van der Waals surface area contributed by atoms with E-state index >= 15 is 0 Å². The van der Waals surface area contributed by atoms with E-state index in [9.17, 15) is 4.79 Å². The summed E-state index contributed by atoms with van der Waals surface area (Å²) in [6, 6.07) is 14.9. The SMILES string of the molecule is Cc1cnccc1Nc1nc2cc(C(=O)Nc3ccc(Br)cc3)ccc2n1C. The lowest BCUT2D eigenvalue weighted by Crippen LogP contribution is -2.11. The van der Waals surface area contributed by atoms with E-state index in [2.05, 4.69) is 36.5 Å². The van der Waals surface area contributed by atoms with Crippen LogP contribution in [-0.2, 0) is 7.05 Å². The molecule has 2 aromatic carbocycles.